The zero-order valence-corrected chi connectivity index (χ0v) is 17.0. The van der Waals surface area contributed by atoms with Gasteiger partial charge in [-0.25, -0.2) is 18.1 Å². The fourth-order valence-electron chi connectivity index (χ4n) is 3.30. The first kappa shape index (κ1) is 18.9. The highest BCUT2D eigenvalue weighted by molar-refractivity contribution is 7.89. The van der Waals surface area contributed by atoms with Crippen LogP contribution in [0.3, 0.4) is 0 Å². The van der Waals surface area contributed by atoms with Crippen molar-refractivity contribution in [3.63, 3.8) is 0 Å². The summed E-state index contributed by atoms with van der Waals surface area (Å²) in [6, 6.07) is 14.5. The molecule has 0 radical (unpaired) electrons. The van der Waals surface area contributed by atoms with Crippen LogP contribution in [0.5, 0.6) is 5.75 Å². The molecule has 2 heterocycles. The Balaban J connectivity index is 1.44. The number of nitrogens with zero attached hydrogens (tertiary/aromatic N) is 2. The van der Waals surface area contributed by atoms with Crippen molar-refractivity contribution in [3.05, 3.63) is 60.1 Å². The number of rotatable bonds is 6. The van der Waals surface area contributed by atoms with E-state index in [0.717, 1.165) is 35.0 Å². The topological polar surface area (TPSA) is 71.5 Å². The molecule has 0 amide bonds. The molecule has 0 saturated carbocycles. The molecule has 1 unspecified atom stereocenters. The molecule has 6 nitrogen and oxygen atoms in total. The third-order valence-electron chi connectivity index (χ3n) is 4.79. The summed E-state index contributed by atoms with van der Waals surface area (Å²) in [5.41, 5.74) is 1.96. The third-order valence-corrected chi connectivity index (χ3v) is 7.16. The lowest BCUT2D eigenvalue weighted by Crippen LogP contribution is -2.37. The van der Waals surface area contributed by atoms with Gasteiger partial charge in [-0.1, -0.05) is 24.3 Å². The summed E-state index contributed by atoms with van der Waals surface area (Å²) in [5, 5.41) is 2.86. The van der Waals surface area contributed by atoms with Crippen LogP contribution in [-0.4, -0.2) is 39.6 Å². The summed E-state index contributed by atoms with van der Waals surface area (Å²) in [4.78, 5) is 6.69. The monoisotopic (exact) mass is 415 g/mol. The number of benzene rings is 2. The van der Waals surface area contributed by atoms with Gasteiger partial charge in [0.05, 0.1) is 12.0 Å². The van der Waals surface area contributed by atoms with Crippen molar-refractivity contribution in [2.75, 3.05) is 25.1 Å². The summed E-state index contributed by atoms with van der Waals surface area (Å²) in [6.45, 7) is 1.44. The molecule has 1 aliphatic heterocycles. The number of anilines is 1. The predicted molar refractivity (Wildman–Crippen MR) is 111 cm³/mol. The zero-order chi connectivity index (χ0) is 19.6. The summed E-state index contributed by atoms with van der Waals surface area (Å²) in [6.07, 6.45) is 2.53. The van der Waals surface area contributed by atoms with Crippen LogP contribution < -0.4 is 14.4 Å². The van der Waals surface area contributed by atoms with Gasteiger partial charge in [0.2, 0.25) is 10.0 Å². The minimum atomic E-state index is -3.56. The van der Waals surface area contributed by atoms with Crippen LogP contribution >= 0.6 is 11.3 Å². The number of aromatic nitrogens is 1. The Morgan fingerprint density at radius 1 is 1.11 bits per heavy atom. The van der Waals surface area contributed by atoms with E-state index in [9.17, 15) is 8.42 Å². The van der Waals surface area contributed by atoms with Crippen LogP contribution in [0.2, 0.25) is 0 Å². The van der Waals surface area contributed by atoms with Gasteiger partial charge in [0.15, 0.2) is 5.13 Å². The van der Waals surface area contributed by atoms with Gasteiger partial charge in [0.1, 0.15) is 5.75 Å². The maximum Gasteiger partial charge on any atom is 0.240 e. The quantitative estimate of drug-likeness (QED) is 0.668. The molecule has 28 heavy (non-hydrogen) atoms. The zero-order valence-electron chi connectivity index (χ0n) is 15.4. The second-order valence-corrected chi connectivity index (χ2v) is 9.21. The minimum absolute atomic E-state index is 0.116. The Labute approximate surface area is 168 Å². The third kappa shape index (κ3) is 4.04. The minimum Gasteiger partial charge on any atom is -0.497 e. The molecule has 1 N–H and O–H groups in total. The average molecular weight is 416 g/mol. The van der Waals surface area contributed by atoms with Gasteiger partial charge in [0, 0.05) is 30.7 Å². The number of methoxy groups -OCH3 is 1. The lowest BCUT2D eigenvalue weighted by Gasteiger charge is -2.16. The van der Waals surface area contributed by atoms with Crippen LogP contribution in [0.1, 0.15) is 6.42 Å². The Morgan fingerprint density at radius 2 is 1.79 bits per heavy atom. The standard InChI is InChI=1S/C20H21N3O3S2/c1-26-18-6-2-15(3-7-18)16-4-8-19(9-5-16)28(24,25)22-17-10-12-23(14-17)20-21-11-13-27-20/h2-9,11,13,17,22H,10,12,14H2,1H3. The van der Waals surface area contributed by atoms with Crippen molar-refractivity contribution >= 4 is 26.5 Å². The maximum absolute atomic E-state index is 12.8. The van der Waals surface area contributed by atoms with Crippen LogP contribution in [0.4, 0.5) is 5.13 Å². The summed E-state index contributed by atoms with van der Waals surface area (Å²) < 4.78 is 33.5. The molecule has 0 aliphatic carbocycles. The molecular formula is C20H21N3O3S2. The molecular weight excluding hydrogens is 394 g/mol. The predicted octanol–water partition coefficient (Wildman–Crippen LogP) is 3.38. The van der Waals surface area contributed by atoms with E-state index in [0.29, 0.717) is 6.54 Å². The van der Waals surface area contributed by atoms with E-state index >= 15 is 0 Å². The van der Waals surface area contributed by atoms with Crippen LogP contribution in [0, 0.1) is 0 Å². The second-order valence-electron chi connectivity index (χ2n) is 6.62. The van der Waals surface area contributed by atoms with Crippen LogP contribution in [-0.2, 0) is 10.0 Å². The van der Waals surface area contributed by atoms with E-state index in [1.54, 1.807) is 36.8 Å². The highest BCUT2D eigenvalue weighted by atomic mass is 32.2. The lowest BCUT2D eigenvalue weighted by molar-refractivity contribution is 0.415. The van der Waals surface area contributed by atoms with Gasteiger partial charge < -0.3 is 9.64 Å². The Bertz CT molecular complexity index is 1020. The van der Waals surface area contributed by atoms with Gasteiger partial charge >= 0.3 is 0 Å². The number of sulfonamides is 1. The van der Waals surface area contributed by atoms with Crippen LogP contribution in [0.15, 0.2) is 65.0 Å². The summed E-state index contributed by atoms with van der Waals surface area (Å²) >= 11 is 1.57. The molecule has 8 heteroatoms. The van der Waals surface area contributed by atoms with Crippen molar-refractivity contribution in [2.45, 2.75) is 17.4 Å². The van der Waals surface area contributed by atoms with Crippen molar-refractivity contribution < 1.29 is 13.2 Å². The van der Waals surface area contributed by atoms with E-state index < -0.39 is 10.0 Å². The Morgan fingerprint density at radius 3 is 2.39 bits per heavy atom. The first-order valence-electron chi connectivity index (χ1n) is 8.96. The normalized spacial score (nSPS) is 17.0. The second kappa shape index (κ2) is 7.90. The molecule has 1 aliphatic rings. The van der Waals surface area contributed by atoms with Gasteiger partial charge in [-0.05, 0) is 41.8 Å². The number of thiazole rings is 1. The SMILES string of the molecule is COc1ccc(-c2ccc(S(=O)(=O)NC3CCN(c4nccs4)C3)cc2)cc1. The van der Waals surface area contributed by atoms with E-state index in [2.05, 4.69) is 14.6 Å². The van der Waals surface area contributed by atoms with Crippen molar-refractivity contribution in [1.29, 1.82) is 0 Å². The van der Waals surface area contributed by atoms with Crippen molar-refractivity contribution in [2.24, 2.45) is 0 Å². The summed E-state index contributed by atoms with van der Waals surface area (Å²) in [5.74, 6) is 0.788. The average Bonchev–Trinajstić information content (AvgIpc) is 3.40. The van der Waals surface area contributed by atoms with E-state index in [1.165, 1.54) is 0 Å². The van der Waals surface area contributed by atoms with E-state index in [-0.39, 0.29) is 10.9 Å². The number of hydrogen-bond donors (Lipinski definition) is 1. The fraction of sp³-hybridized carbons (Fsp3) is 0.250. The van der Waals surface area contributed by atoms with Gasteiger partial charge in [0.25, 0.3) is 0 Å². The van der Waals surface area contributed by atoms with Gasteiger partial charge in [-0.3, -0.25) is 0 Å². The highest BCUT2D eigenvalue weighted by Crippen LogP contribution is 2.25. The smallest absolute Gasteiger partial charge is 0.240 e. The largest absolute Gasteiger partial charge is 0.497 e. The Kier molecular flexibility index (Phi) is 5.34. The number of hydrogen-bond acceptors (Lipinski definition) is 6. The number of nitrogens with one attached hydrogen (secondary N) is 1. The van der Waals surface area contributed by atoms with Crippen molar-refractivity contribution in [1.82, 2.24) is 9.71 Å². The first-order chi connectivity index (χ1) is 13.5. The number of ether oxygens (including phenoxy) is 1. The van der Waals surface area contributed by atoms with Crippen LogP contribution in [0.25, 0.3) is 11.1 Å². The molecule has 2 aromatic carbocycles. The van der Waals surface area contributed by atoms with Gasteiger partial charge in [-0.15, -0.1) is 11.3 Å². The molecule has 3 aromatic rings. The molecule has 1 atom stereocenters. The molecule has 146 valence electrons. The molecule has 4 rings (SSSR count). The van der Waals surface area contributed by atoms with Crippen molar-refractivity contribution in [3.8, 4) is 16.9 Å². The lowest BCUT2D eigenvalue weighted by atomic mass is 10.1. The molecule has 1 aromatic heterocycles. The Hall–Kier alpha value is -2.42. The maximum atomic E-state index is 12.8. The molecule has 1 saturated heterocycles. The van der Waals surface area contributed by atoms with E-state index in [1.807, 2.05) is 41.8 Å². The molecule has 0 spiro atoms. The molecule has 1 fully saturated rings. The molecule has 0 bridgehead atoms. The fourth-order valence-corrected chi connectivity index (χ4v) is 5.24. The first-order valence-corrected chi connectivity index (χ1v) is 11.3. The van der Waals surface area contributed by atoms with E-state index in [4.69, 9.17) is 4.74 Å². The van der Waals surface area contributed by atoms with Gasteiger partial charge in [-0.2, -0.15) is 0 Å². The summed E-state index contributed by atoms with van der Waals surface area (Å²) in [7, 11) is -1.93. The highest BCUT2D eigenvalue weighted by Gasteiger charge is 2.28.